The first-order chi connectivity index (χ1) is 10.6. The Balaban J connectivity index is 1.81. The van der Waals surface area contributed by atoms with E-state index in [1.165, 1.54) is 11.8 Å². The smallest absolute Gasteiger partial charge is 0.216 e. The van der Waals surface area contributed by atoms with Crippen LogP contribution in [0.4, 0.5) is 0 Å². The number of benzene rings is 2. The summed E-state index contributed by atoms with van der Waals surface area (Å²) in [5, 5.41) is 1.92. The Kier molecular flexibility index (Phi) is 4.71. The molecule has 1 heterocycles. The van der Waals surface area contributed by atoms with Crippen molar-refractivity contribution < 1.29 is 9.53 Å². The van der Waals surface area contributed by atoms with Crippen molar-refractivity contribution in [1.82, 2.24) is 0 Å². The Morgan fingerprint density at radius 3 is 2.59 bits per heavy atom. The zero-order valence-electron chi connectivity index (χ0n) is 11.4. The van der Waals surface area contributed by atoms with Crippen molar-refractivity contribution in [1.29, 1.82) is 0 Å². The lowest BCUT2D eigenvalue weighted by Gasteiger charge is -2.10. The zero-order chi connectivity index (χ0) is 15.5. The number of hydrogen-bond donors (Lipinski definition) is 0. The third-order valence-electron chi connectivity index (χ3n) is 3.02. The highest BCUT2D eigenvalue weighted by Crippen LogP contribution is 2.34. The van der Waals surface area contributed by atoms with Gasteiger partial charge < -0.3 is 4.74 Å². The molecule has 1 aliphatic heterocycles. The third kappa shape index (κ3) is 3.64. The van der Waals surface area contributed by atoms with Crippen molar-refractivity contribution in [2.45, 2.75) is 6.42 Å². The molecule has 6 heteroatoms. The monoisotopic (exact) mass is 351 g/mol. The first-order valence-corrected chi connectivity index (χ1v) is 8.14. The summed E-state index contributed by atoms with van der Waals surface area (Å²) < 4.78 is 5.79. The van der Waals surface area contributed by atoms with Crippen molar-refractivity contribution in [3.63, 3.8) is 0 Å². The fourth-order valence-electron chi connectivity index (χ4n) is 2.00. The molecule has 0 saturated carbocycles. The molecule has 0 bridgehead atoms. The molecule has 0 spiro atoms. The van der Waals surface area contributed by atoms with Crippen LogP contribution in [-0.2, 0) is 11.2 Å². The number of carbonyl (C=O) groups excluding carboxylic acids is 1. The van der Waals surface area contributed by atoms with Crippen molar-refractivity contribution in [2.24, 2.45) is 4.99 Å². The number of ether oxygens (including phenoxy) is 1. The predicted molar refractivity (Wildman–Crippen MR) is 91.6 cm³/mol. The van der Waals surface area contributed by atoms with Crippen LogP contribution < -0.4 is 4.74 Å². The molecule has 0 aliphatic carbocycles. The molecule has 0 saturated heterocycles. The van der Waals surface area contributed by atoms with Crippen LogP contribution in [0.15, 0.2) is 47.5 Å². The highest BCUT2D eigenvalue weighted by Gasteiger charge is 2.16. The Morgan fingerprint density at radius 2 is 1.86 bits per heavy atom. The Bertz CT molecular complexity index is 762. The van der Waals surface area contributed by atoms with E-state index in [9.17, 15) is 4.79 Å². The van der Waals surface area contributed by atoms with Crippen LogP contribution in [0.3, 0.4) is 0 Å². The lowest BCUT2D eigenvalue weighted by Crippen LogP contribution is -1.97. The van der Waals surface area contributed by atoms with Crippen LogP contribution in [0, 0.1) is 0 Å². The van der Waals surface area contributed by atoms with Gasteiger partial charge in [-0.1, -0.05) is 41.4 Å². The maximum Gasteiger partial charge on any atom is 0.216 e. The van der Waals surface area contributed by atoms with E-state index >= 15 is 0 Å². The van der Waals surface area contributed by atoms with Crippen LogP contribution in [0.1, 0.15) is 5.56 Å². The zero-order valence-corrected chi connectivity index (χ0v) is 13.7. The van der Waals surface area contributed by atoms with E-state index < -0.39 is 0 Å². The van der Waals surface area contributed by atoms with Gasteiger partial charge in [0.15, 0.2) is 0 Å². The lowest BCUT2D eigenvalue weighted by molar-refractivity contribution is -0.109. The second-order valence-corrected chi connectivity index (χ2v) is 6.60. The van der Waals surface area contributed by atoms with Gasteiger partial charge in [0, 0.05) is 6.42 Å². The fraction of sp³-hybridized carbons (Fsp3) is 0.125. The van der Waals surface area contributed by atoms with E-state index in [0.29, 0.717) is 28.0 Å². The van der Waals surface area contributed by atoms with Gasteiger partial charge in [-0.15, -0.1) is 0 Å². The van der Waals surface area contributed by atoms with Crippen LogP contribution in [0.5, 0.6) is 11.5 Å². The van der Waals surface area contributed by atoms with E-state index in [1.807, 2.05) is 24.3 Å². The van der Waals surface area contributed by atoms with Crippen LogP contribution in [0.25, 0.3) is 0 Å². The van der Waals surface area contributed by atoms with Crippen molar-refractivity contribution in [2.75, 3.05) is 6.54 Å². The normalized spacial score (nSPS) is 14.1. The number of aliphatic imine (C=N–C) groups is 1. The van der Waals surface area contributed by atoms with Gasteiger partial charge >= 0.3 is 0 Å². The van der Waals surface area contributed by atoms with Crippen LogP contribution >= 0.6 is 35.0 Å². The maximum absolute atomic E-state index is 11.2. The number of para-hydroxylation sites is 1. The summed E-state index contributed by atoms with van der Waals surface area (Å²) in [4.78, 5) is 15.4. The molecular formula is C16H11Cl2NO2S. The van der Waals surface area contributed by atoms with Crippen molar-refractivity contribution in [3.8, 4) is 11.5 Å². The van der Waals surface area contributed by atoms with Gasteiger partial charge in [-0.2, -0.15) is 0 Å². The Labute approximate surface area is 142 Å². The Hall–Kier alpha value is -1.49. The number of hydrogen-bond acceptors (Lipinski definition) is 4. The SMILES string of the molecule is O=C1CN=C(Cc2ccc(Cl)c(Oc3ccccc3Cl)c2)S1. The van der Waals surface area contributed by atoms with Crippen LogP contribution in [0.2, 0.25) is 10.0 Å². The molecule has 0 aromatic heterocycles. The summed E-state index contributed by atoms with van der Waals surface area (Å²) in [6.45, 7) is 0.260. The largest absolute Gasteiger partial charge is 0.454 e. The van der Waals surface area contributed by atoms with Crippen LogP contribution in [-0.4, -0.2) is 16.7 Å². The fourth-order valence-corrected chi connectivity index (χ4v) is 3.09. The maximum atomic E-state index is 11.2. The molecule has 3 nitrogen and oxygen atoms in total. The first kappa shape index (κ1) is 15.4. The third-order valence-corrected chi connectivity index (χ3v) is 4.51. The van der Waals surface area contributed by atoms with Gasteiger partial charge in [-0.05, 0) is 41.6 Å². The minimum Gasteiger partial charge on any atom is -0.454 e. The summed E-state index contributed by atoms with van der Waals surface area (Å²) >= 11 is 13.5. The molecule has 0 radical (unpaired) electrons. The van der Waals surface area contributed by atoms with Gasteiger partial charge in [0.25, 0.3) is 0 Å². The average molecular weight is 352 g/mol. The minimum absolute atomic E-state index is 0.0801. The molecule has 22 heavy (non-hydrogen) atoms. The minimum atomic E-state index is 0.0801. The molecule has 1 aliphatic rings. The highest BCUT2D eigenvalue weighted by molar-refractivity contribution is 8.26. The van der Waals surface area contributed by atoms with Gasteiger partial charge in [-0.3, -0.25) is 9.79 Å². The highest BCUT2D eigenvalue weighted by atomic mass is 35.5. The van der Waals surface area contributed by atoms with E-state index in [2.05, 4.69) is 4.99 Å². The topological polar surface area (TPSA) is 38.7 Å². The van der Waals surface area contributed by atoms with E-state index in [4.69, 9.17) is 27.9 Å². The van der Waals surface area contributed by atoms with Gasteiger partial charge in [0.1, 0.15) is 18.0 Å². The molecule has 0 fully saturated rings. The van der Waals surface area contributed by atoms with Crippen molar-refractivity contribution in [3.05, 3.63) is 58.1 Å². The second kappa shape index (κ2) is 6.73. The number of carbonyl (C=O) groups is 1. The summed E-state index contributed by atoms with van der Waals surface area (Å²) in [6.07, 6.45) is 0.590. The quantitative estimate of drug-likeness (QED) is 0.777. The van der Waals surface area contributed by atoms with Gasteiger partial charge in [0.2, 0.25) is 5.12 Å². The van der Waals surface area contributed by atoms with Crippen molar-refractivity contribution >= 4 is 45.1 Å². The second-order valence-electron chi connectivity index (χ2n) is 4.66. The number of thioether (sulfide) groups is 1. The van der Waals surface area contributed by atoms with E-state index in [-0.39, 0.29) is 11.7 Å². The lowest BCUT2D eigenvalue weighted by atomic mass is 10.1. The molecule has 3 rings (SSSR count). The molecule has 0 amide bonds. The average Bonchev–Trinajstić information content (AvgIpc) is 2.90. The summed E-state index contributed by atoms with van der Waals surface area (Å²) in [7, 11) is 0. The van der Waals surface area contributed by atoms with Gasteiger partial charge in [-0.25, -0.2) is 0 Å². The molecule has 2 aromatic carbocycles. The standard InChI is InChI=1S/C16H11Cl2NO2S/c17-11-3-1-2-4-13(11)21-14-7-10(5-6-12(14)18)8-15-19-9-16(20)22-15/h1-7H,8-9H2. The first-order valence-electron chi connectivity index (χ1n) is 6.56. The molecule has 0 atom stereocenters. The predicted octanol–water partition coefficient (Wildman–Crippen LogP) is 5.00. The number of halogens is 2. The summed E-state index contributed by atoms with van der Waals surface area (Å²) in [5.41, 5.74) is 0.979. The summed E-state index contributed by atoms with van der Waals surface area (Å²) in [5.74, 6) is 1.08. The van der Waals surface area contributed by atoms with Gasteiger partial charge in [0.05, 0.1) is 15.1 Å². The molecular weight excluding hydrogens is 341 g/mol. The summed E-state index contributed by atoms with van der Waals surface area (Å²) in [6, 6.07) is 12.7. The number of nitrogens with zero attached hydrogens (tertiary/aromatic N) is 1. The molecule has 2 aromatic rings. The molecule has 112 valence electrons. The number of rotatable bonds is 4. The molecule has 0 N–H and O–H groups in total. The Morgan fingerprint density at radius 1 is 1.09 bits per heavy atom. The van der Waals surface area contributed by atoms with E-state index in [1.54, 1.807) is 18.2 Å². The molecule has 0 unspecified atom stereocenters. The van der Waals surface area contributed by atoms with E-state index in [0.717, 1.165) is 10.6 Å².